The van der Waals surface area contributed by atoms with Gasteiger partial charge in [-0.25, -0.2) is 4.68 Å². The molecule has 4 rings (SSSR count). The normalized spacial score (nSPS) is 22.1. The summed E-state index contributed by atoms with van der Waals surface area (Å²) < 4.78 is 41.5. The zero-order chi connectivity index (χ0) is 19.3. The van der Waals surface area contributed by atoms with Gasteiger partial charge < -0.3 is 10.6 Å². The summed E-state index contributed by atoms with van der Waals surface area (Å²) in [7, 11) is 0. The van der Waals surface area contributed by atoms with E-state index >= 15 is 0 Å². The maximum atomic E-state index is 13.5. The zero-order valence-corrected chi connectivity index (χ0v) is 15.1. The summed E-state index contributed by atoms with van der Waals surface area (Å²) in [6.45, 7) is 3.81. The number of fused-ring (bicyclic) bond motifs is 1. The van der Waals surface area contributed by atoms with Gasteiger partial charge in [-0.05, 0) is 56.2 Å². The van der Waals surface area contributed by atoms with Crippen LogP contribution in [0.3, 0.4) is 0 Å². The Hall–Kier alpha value is -2.51. The van der Waals surface area contributed by atoms with Crippen LogP contribution in [0.5, 0.6) is 0 Å². The highest BCUT2D eigenvalue weighted by Crippen LogP contribution is 2.45. The van der Waals surface area contributed by atoms with Crippen LogP contribution in [0.2, 0.25) is 0 Å². The van der Waals surface area contributed by atoms with Crippen LogP contribution in [0.1, 0.15) is 46.9 Å². The molecule has 2 N–H and O–H groups in total. The molecule has 0 bridgehead atoms. The van der Waals surface area contributed by atoms with Crippen LogP contribution in [-0.2, 0) is 0 Å². The molecule has 1 aromatic carbocycles. The molecule has 27 heavy (non-hydrogen) atoms. The number of hydrogen-bond donors (Lipinski definition) is 2. The van der Waals surface area contributed by atoms with Crippen molar-refractivity contribution in [3.05, 3.63) is 41.1 Å². The molecule has 2 aliphatic rings. The van der Waals surface area contributed by atoms with Crippen LogP contribution >= 0.6 is 0 Å². The van der Waals surface area contributed by atoms with Gasteiger partial charge in [-0.1, -0.05) is 12.1 Å². The lowest BCUT2D eigenvalue weighted by Gasteiger charge is -2.33. The molecule has 1 fully saturated rings. The third kappa shape index (κ3) is 3.40. The van der Waals surface area contributed by atoms with Gasteiger partial charge in [-0.2, -0.15) is 18.3 Å². The summed E-state index contributed by atoms with van der Waals surface area (Å²) in [5, 5.41) is 9.88. The number of alkyl halides is 3. The Balaban J connectivity index is 1.62. The van der Waals surface area contributed by atoms with Crippen molar-refractivity contribution in [3.63, 3.8) is 0 Å². The topological polar surface area (TPSA) is 59.0 Å². The number of benzene rings is 1. The molecule has 0 saturated heterocycles. The Bertz CT molecular complexity index is 886. The minimum absolute atomic E-state index is 0.0240. The number of rotatable bonds is 3. The second-order valence-corrected chi connectivity index (χ2v) is 7.44. The van der Waals surface area contributed by atoms with Gasteiger partial charge in [0.25, 0.3) is 5.91 Å². The van der Waals surface area contributed by atoms with Crippen LogP contribution in [0.25, 0.3) is 0 Å². The molecule has 8 heteroatoms. The second-order valence-electron chi connectivity index (χ2n) is 7.44. The van der Waals surface area contributed by atoms with E-state index in [1.54, 1.807) is 6.07 Å². The highest BCUT2D eigenvalue weighted by atomic mass is 19.4. The van der Waals surface area contributed by atoms with Gasteiger partial charge in [0, 0.05) is 17.8 Å². The van der Waals surface area contributed by atoms with Crippen molar-refractivity contribution < 1.29 is 18.0 Å². The molecule has 0 radical (unpaired) electrons. The summed E-state index contributed by atoms with van der Waals surface area (Å²) in [4.78, 5) is 12.6. The first-order chi connectivity index (χ1) is 12.7. The number of hydrogen-bond acceptors (Lipinski definition) is 3. The molecule has 144 valence electrons. The van der Waals surface area contributed by atoms with E-state index < -0.39 is 18.1 Å². The van der Waals surface area contributed by atoms with Gasteiger partial charge >= 0.3 is 6.18 Å². The fourth-order valence-electron chi connectivity index (χ4n) is 3.59. The molecule has 5 nitrogen and oxygen atoms in total. The standard InChI is InChI=1S/C19H21F3N4O/c1-10-4-3-5-13(11(10)2)24-18(27)15-9-17-23-14(12-6-7-12)8-16(19(20,21)22)26(17)25-15/h3-5,9,12,14,16,23H,6-8H2,1-2H3,(H,24,27)/t14-,16+/m1/s1. The number of carbonyl (C=O) groups excluding carboxylic acids is 1. The molecular formula is C19H21F3N4O. The van der Waals surface area contributed by atoms with Gasteiger partial charge in [-0.3, -0.25) is 4.79 Å². The number of nitrogens with zero attached hydrogens (tertiary/aromatic N) is 2. The summed E-state index contributed by atoms with van der Waals surface area (Å²) in [6, 6.07) is 4.98. The van der Waals surface area contributed by atoms with Crippen LogP contribution in [0.4, 0.5) is 24.7 Å². The Morgan fingerprint density at radius 2 is 2.04 bits per heavy atom. The number of aromatic nitrogens is 2. The van der Waals surface area contributed by atoms with Gasteiger partial charge in [0.1, 0.15) is 5.82 Å². The zero-order valence-electron chi connectivity index (χ0n) is 15.1. The van der Waals surface area contributed by atoms with Gasteiger partial charge in [-0.15, -0.1) is 0 Å². The molecule has 1 aliphatic heterocycles. The number of halogens is 3. The van der Waals surface area contributed by atoms with E-state index in [1.807, 2.05) is 26.0 Å². The quantitative estimate of drug-likeness (QED) is 0.830. The highest BCUT2D eigenvalue weighted by Gasteiger charge is 2.49. The largest absolute Gasteiger partial charge is 0.410 e. The molecule has 0 spiro atoms. The van der Waals surface area contributed by atoms with Crippen LogP contribution in [0, 0.1) is 19.8 Å². The van der Waals surface area contributed by atoms with Crippen molar-refractivity contribution in [2.45, 2.75) is 51.4 Å². The van der Waals surface area contributed by atoms with Crippen LogP contribution in [-0.4, -0.2) is 27.9 Å². The fourth-order valence-corrected chi connectivity index (χ4v) is 3.59. The molecule has 0 unspecified atom stereocenters. The molecule has 2 atom stereocenters. The van der Waals surface area contributed by atoms with Crippen molar-refractivity contribution in [1.82, 2.24) is 9.78 Å². The van der Waals surface area contributed by atoms with E-state index in [0.717, 1.165) is 28.7 Å². The second kappa shape index (κ2) is 6.28. The number of anilines is 2. The molecule has 1 amide bonds. The highest BCUT2D eigenvalue weighted by molar-refractivity contribution is 6.03. The summed E-state index contributed by atoms with van der Waals surface area (Å²) in [5.41, 5.74) is 2.53. The number of aryl methyl sites for hydroxylation is 1. The molecule has 1 aliphatic carbocycles. The molecule has 2 aromatic rings. The summed E-state index contributed by atoms with van der Waals surface area (Å²) in [5.74, 6) is 0.00797. The third-order valence-corrected chi connectivity index (χ3v) is 5.50. The molecular weight excluding hydrogens is 357 g/mol. The lowest BCUT2D eigenvalue weighted by atomic mass is 10.0. The minimum Gasteiger partial charge on any atom is -0.367 e. The lowest BCUT2D eigenvalue weighted by molar-refractivity contribution is -0.174. The Kier molecular flexibility index (Phi) is 4.16. The first-order valence-corrected chi connectivity index (χ1v) is 9.04. The third-order valence-electron chi connectivity index (χ3n) is 5.50. The van der Waals surface area contributed by atoms with Gasteiger partial charge in [0.2, 0.25) is 0 Å². The predicted octanol–water partition coefficient (Wildman–Crippen LogP) is 4.45. The smallest absolute Gasteiger partial charge is 0.367 e. The van der Waals surface area contributed by atoms with Crippen molar-refractivity contribution in [2.24, 2.45) is 5.92 Å². The summed E-state index contributed by atoms with van der Waals surface area (Å²) >= 11 is 0. The molecule has 2 heterocycles. The Morgan fingerprint density at radius 3 is 2.70 bits per heavy atom. The predicted molar refractivity (Wildman–Crippen MR) is 95.9 cm³/mol. The van der Waals surface area contributed by atoms with E-state index in [9.17, 15) is 18.0 Å². The van der Waals surface area contributed by atoms with Crippen LogP contribution in [0.15, 0.2) is 24.3 Å². The average molecular weight is 378 g/mol. The maximum absolute atomic E-state index is 13.5. The Labute approximate surface area is 154 Å². The van der Waals surface area contributed by atoms with Crippen LogP contribution < -0.4 is 10.6 Å². The first-order valence-electron chi connectivity index (χ1n) is 9.04. The maximum Gasteiger partial charge on any atom is 0.410 e. The fraction of sp³-hybridized carbons (Fsp3) is 0.474. The summed E-state index contributed by atoms with van der Waals surface area (Å²) in [6.07, 6.45) is -2.58. The molecule has 1 aromatic heterocycles. The number of nitrogens with one attached hydrogen (secondary N) is 2. The Morgan fingerprint density at radius 1 is 1.30 bits per heavy atom. The SMILES string of the molecule is Cc1cccc(NC(=O)c2cc3n(n2)[C@H](C(F)(F)F)C[C@H](C2CC2)N3)c1C. The van der Waals surface area contributed by atoms with Crippen molar-refractivity contribution in [2.75, 3.05) is 10.6 Å². The number of amides is 1. The van der Waals surface area contributed by atoms with Crippen molar-refractivity contribution in [3.8, 4) is 0 Å². The van der Waals surface area contributed by atoms with Gasteiger partial charge in [0.15, 0.2) is 11.7 Å². The lowest BCUT2D eigenvalue weighted by Crippen LogP contribution is -2.40. The van der Waals surface area contributed by atoms with E-state index in [2.05, 4.69) is 15.7 Å². The first kappa shape index (κ1) is 17.9. The van der Waals surface area contributed by atoms with E-state index in [-0.39, 0.29) is 29.9 Å². The van der Waals surface area contributed by atoms with Crippen molar-refractivity contribution >= 4 is 17.4 Å². The van der Waals surface area contributed by atoms with Crippen molar-refractivity contribution in [1.29, 1.82) is 0 Å². The van der Waals surface area contributed by atoms with E-state index in [1.165, 1.54) is 6.07 Å². The van der Waals surface area contributed by atoms with E-state index in [4.69, 9.17) is 0 Å². The number of carbonyl (C=O) groups is 1. The molecule has 1 saturated carbocycles. The van der Waals surface area contributed by atoms with Gasteiger partial charge in [0.05, 0.1) is 0 Å². The van der Waals surface area contributed by atoms with E-state index in [0.29, 0.717) is 5.69 Å². The minimum atomic E-state index is -4.41. The average Bonchev–Trinajstić information content (AvgIpc) is 3.36. The monoisotopic (exact) mass is 378 g/mol.